The lowest BCUT2D eigenvalue weighted by molar-refractivity contribution is 0.155. The Bertz CT molecular complexity index is 768. The number of amides is 1. The highest BCUT2D eigenvalue weighted by molar-refractivity contribution is 5.74. The van der Waals surface area contributed by atoms with Crippen LogP contribution in [0.25, 0.3) is 0 Å². The number of aromatic nitrogens is 1. The summed E-state index contributed by atoms with van der Waals surface area (Å²) in [5, 5.41) is 3.14. The van der Waals surface area contributed by atoms with E-state index in [1.807, 2.05) is 19.1 Å². The van der Waals surface area contributed by atoms with E-state index < -0.39 is 11.6 Å². The van der Waals surface area contributed by atoms with E-state index in [9.17, 15) is 4.79 Å². The van der Waals surface area contributed by atoms with E-state index in [-0.39, 0.29) is 17.8 Å². The fourth-order valence-electron chi connectivity index (χ4n) is 4.98. The molecule has 1 N–H and O–H groups in total. The average Bonchev–Trinajstić information content (AvgIpc) is 3.13. The van der Waals surface area contributed by atoms with Gasteiger partial charge in [0.2, 0.25) is 5.88 Å². The van der Waals surface area contributed by atoms with Crippen LogP contribution in [0.1, 0.15) is 31.0 Å². The first-order valence-corrected chi connectivity index (χ1v) is 7.85. The third-order valence-electron chi connectivity index (χ3n) is 5.60. The van der Waals surface area contributed by atoms with Crippen molar-refractivity contribution in [3.63, 3.8) is 0 Å². The third kappa shape index (κ3) is 1.52. The minimum Gasteiger partial charge on any atom is -0.481 e. The van der Waals surface area contributed by atoms with Crippen molar-refractivity contribution in [1.29, 1.82) is 0 Å². The standard InChI is InChI=1S/C18H20N2O3/c1-5-11-10-8-9(2)15-14(10)16-12(6-7-13(19-16)22-3)18(11,15)20-17(21)23-4/h5-8,10,14-15H,1-4H3,(H,20,21)/b11-5+/t10-,14?,15?,18-/m1/s1. The van der Waals surface area contributed by atoms with E-state index in [1.54, 1.807) is 7.11 Å². The van der Waals surface area contributed by atoms with Crippen LogP contribution in [-0.2, 0) is 10.3 Å². The van der Waals surface area contributed by atoms with Gasteiger partial charge in [-0.3, -0.25) is 0 Å². The van der Waals surface area contributed by atoms with E-state index in [2.05, 4.69) is 24.4 Å². The van der Waals surface area contributed by atoms with Gasteiger partial charge in [-0.1, -0.05) is 17.7 Å². The Hall–Kier alpha value is -2.30. The number of carbonyl (C=O) groups is 1. The van der Waals surface area contributed by atoms with E-state index in [1.165, 1.54) is 18.3 Å². The molecule has 120 valence electrons. The van der Waals surface area contributed by atoms with Crippen LogP contribution < -0.4 is 10.1 Å². The van der Waals surface area contributed by atoms with Crippen molar-refractivity contribution in [1.82, 2.24) is 10.3 Å². The van der Waals surface area contributed by atoms with Gasteiger partial charge < -0.3 is 14.8 Å². The molecule has 4 rings (SSSR count). The second kappa shape index (κ2) is 4.60. The number of ether oxygens (including phenoxy) is 2. The Labute approximate surface area is 135 Å². The minimum atomic E-state index is -0.537. The lowest BCUT2D eigenvalue weighted by atomic mass is 9.73. The van der Waals surface area contributed by atoms with Crippen molar-refractivity contribution >= 4 is 6.09 Å². The van der Waals surface area contributed by atoms with Gasteiger partial charge in [-0.15, -0.1) is 0 Å². The predicted molar refractivity (Wildman–Crippen MR) is 85.2 cm³/mol. The van der Waals surface area contributed by atoms with Crippen LogP contribution >= 0.6 is 0 Å². The van der Waals surface area contributed by atoms with Gasteiger partial charge >= 0.3 is 6.09 Å². The molecule has 0 aromatic carbocycles. The van der Waals surface area contributed by atoms with E-state index in [0.717, 1.165) is 11.3 Å². The summed E-state index contributed by atoms with van der Waals surface area (Å²) in [5.74, 6) is 1.37. The zero-order chi connectivity index (χ0) is 16.4. The number of fused-ring (bicyclic) bond motifs is 2. The van der Waals surface area contributed by atoms with Gasteiger partial charge in [0.15, 0.2) is 0 Å². The molecule has 1 amide bonds. The van der Waals surface area contributed by atoms with Crippen molar-refractivity contribution < 1.29 is 14.3 Å². The Morgan fingerprint density at radius 1 is 1.39 bits per heavy atom. The minimum absolute atomic E-state index is 0.201. The monoisotopic (exact) mass is 312 g/mol. The number of methoxy groups -OCH3 is 2. The first kappa shape index (κ1) is 14.3. The zero-order valence-electron chi connectivity index (χ0n) is 13.7. The van der Waals surface area contributed by atoms with Crippen LogP contribution in [0.15, 0.2) is 35.4 Å². The smallest absolute Gasteiger partial charge is 0.407 e. The highest BCUT2D eigenvalue weighted by Crippen LogP contribution is 2.70. The normalized spacial score (nSPS) is 34.3. The molecule has 4 bridgehead atoms. The van der Waals surface area contributed by atoms with Gasteiger partial charge in [0.05, 0.1) is 25.5 Å². The molecule has 23 heavy (non-hydrogen) atoms. The molecule has 3 aliphatic rings. The zero-order valence-corrected chi connectivity index (χ0v) is 13.7. The maximum absolute atomic E-state index is 12.1. The van der Waals surface area contributed by atoms with Crippen molar-refractivity contribution in [2.45, 2.75) is 25.3 Å². The quantitative estimate of drug-likeness (QED) is 0.853. The summed E-state index contributed by atoms with van der Waals surface area (Å²) in [5.41, 5.74) is 4.11. The average molecular weight is 312 g/mol. The SMILES string of the molecule is C/C=C1\[C@H]2C=C(C)C3C2c2nc(OC)ccc2[C@]13NC(=O)OC. The molecule has 1 aromatic rings. The summed E-state index contributed by atoms with van der Waals surface area (Å²) in [7, 11) is 3.02. The number of nitrogens with zero attached hydrogens (tertiary/aromatic N) is 1. The van der Waals surface area contributed by atoms with Gasteiger partial charge in [-0.2, -0.15) is 0 Å². The van der Waals surface area contributed by atoms with Gasteiger partial charge in [0.1, 0.15) is 0 Å². The molecular weight excluding hydrogens is 292 g/mol. The first-order valence-electron chi connectivity index (χ1n) is 7.85. The van der Waals surface area contributed by atoms with Crippen molar-refractivity contribution in [2.24, 2.45) is 11.8 Å². The van der Waals surface area contributed by atoms with Gasteiger partial charge in [-0.05, 0) is 25.5 Å². The number of pyridine rings is 1. The number of hydrogen-bond donors (Lipinski definition) is 1. The second-order valence-electron chi connectivity index (χ2n) is 6.39. The van der Waals surface area contributed by atoms with Gasteiger partial charge in [0.25, 0.3) is 0 Å². The first-order chi connectivity index (χ1) is 11.1. The lowest BCUT2D eigenvalue weighted by Gasteiger charge is -2.39. The molecule has 0 aliphatic heterocycles. The molecule has 4 atom stereocenters. The molecule has 0 radical (unpaired) electrons. The van der Waals surface area contributed by atoms with Gasteiger partial charge in [-0.25, -0.2) is 9.78 Å². The summed E-state index contributed by atoms with van der Waals surface area (Å²) < 4.78 is 10.2. The topological polar surface area (TPSA) is 60.5 Å². The van der Waals surface area contributed by atoms with Crippen molar-refractivity contribution in [3.05, 3.63) is 46.7 Å². The Balaban J connectivity index is 1.96. The predicted octanol–water partition coefficient (Wildman–Crippen LogP) is 2.89. The summed E-state index contributed by atoms with van der Waals surface area (Å²) >= 11 is 0. The van der Waals surface area contributed by atoms with E-state index in [4.69, 9.17) is 14.5 Å². The maximum atomic E-state index is 12.1. The largest absolute Gasteiger partial charge is 0.481 e. The highest BCUT2D eigenvalue weighted by atomic mass is 16.5. The van der Waals surface area contributed by atoms with Crippen LogP contribution in [-0.4, -0.2) is 25.3 Å². The van der Waals surface area contributed by atoms with Gasteiger partial charge in [0, 0.05) is 29.4 Å². The lowest BCUT2D eigenvalue weighted by Crippen LogP contribution is -2.50. The fourth-order valence-corrected chi connectivity index (χ4v) is 4.98. The Morgan fingerprint density at radius 2 is 2.17 bits per heavy atom. The summed E-state index contributed by atoms with van der Waals surface area (Å²) in [4.78, 5) is 16.8. The molecule has 1 heterocycles. The van der Waals surface area contributed by atoms with Crippen molar-refractivity contribution in [3.8, 4) is 5.88 Å². The summed E-state index contributed by atoms with van der Waals surface area (Å²) in [6.07, 6.45) is 4.03. The third-order valence-corrected chi connectivity index (χ3v) is 5.60. The molecule has 2 unspecified atom stereocenters. The number of nitrogens with one attached hydrogen (secondary N) is 1. The summed E-state index contributed by atoms with van der Waals surface area (Å²) in [6, 6.07) is 3.89. The van der Waals surface area contributed by atoms with Crippen LogP contribution in [0.4, 0.5) is 4.79 Å². The van der Waals surface area contributed by atoms with Crippen LogP contribution in [0.5, 0.6) is 5.88 Å². The van der Waals surface area contributed by atoms with Crippen LogP contribution in [0, 0.1) is 11.8 Å². The molecule has 1 aromatic heterocycles. The Kier molecular flexibility index (Phi) is 2.86. The van der Waals surface area contributed by atoms with Crippen LogP contribution in [0.2, 0.25) is 0 Å². The van der Waals surface area contributed by atoms with Crippen LogP contribution in [0.3, 0.4) is 0 Å². The molecular formula is C18H20N2O3. The molecule has 5 heteroatoms. The number of carbonyl (C=O) groups excluding carboxylic acids is 1. The maximum Gasteiger partial charge on any atom is 0.407 e. The number of hydrogen-bond acceptors (Lipinski definition) is 4. The fraction of sp³-hybridized carbons (Fsp3) is 0.444. The molecule has 0 saturated heterocycles. The molecule has 0 spiro atoms. The highest BCUT2D eigenvalue weighted by Gasteiger charge is 2.68. The molecule has 1 saturated carbocycles. The number of rotatable bonds is 2. The summed E-state index contributed by atoms with van der Waals surface area (Å²) in [6.45, 7) is 4.17. The number of alkyl carbamates (subject to hydrolysis) is 1. The molecule has 3 aliphatic carbocycles. The Morgan fingerprint density at radius 3 is 2.83 bits per heavy atom. The number of allylic oxidation sites excluding steroid dienone is 2. The van der Waals surface area contributed by atoms with E-state index >= 15 is 0 Å². The molecule has 1 fully saturated rings. The second-order valence-corrected chi connectivity index (χ2v) is 6.39. The molecule has 5 nitrogen and oxygen atoms in total. The van der Waals surface area contributed by atoms with Crippen molar-refractivity contribution in [2.75, 3.05) is 14.2 Å². The van der Waals surface area contributed by atoms with E-state index in [0.29, 0.717) is 5.88 Å².